The molecule has 0 atom stereocenters. The lowest BCUT2D eigenvalue weighted by Crippen LogP contribution is -1.95. The number of hydrogen-bond donors (Lipinski definition) is 0. The molecule has 2 nitrogen and oxygen atoms in total. The van der Waals surface area contributed by atoms with Gasteiger partial charge in [0.2, 0.25) is 0 Å². The van der Waals surface area contributed by atoms with Crippen molar-refractivity contribution in [3.63, 3.8) is 0 Å². The Morgan fingerprint density at radius 1 is 1.38 bits per heavy atom. The lowest BCUT2D eigenvalue weighted by Gasteiger charge is -1.99. The van der Waals surface area contributed by atoms with E-state index < -0.39 is 0 Å². The molecular formula is C10H13NOS. The van der Waals surface area contributed by atoms with Crippen LogP contribution in [-0.4, -0.2) is 17.9 Å². The summed E-state index contributed by atoms with van der Waals surface area (Å²) < 4.78 is 0. The Bertz CT molecular complexity index is 272. The van der Waals surface area contributed by atoms with Gasteiger partial charge >= 0.3 is 0 Å². The molecule has 0 N–H and O–H groups in total. The first-order valence-electron chi connectivity index (χ1n) is 4.05. The van der Waals surface area contributed by atoms with Gasteiger partial charge in [0.25, 0.3) is 0 Å². The van der Waals surface area contributed by atoms with Crippen LogP contribution >= 0.6 is 11.8 Å². The first-order chi connectivity index (χ1) is 6.34. The van der Waals surface area contributed by atoms with Crippen molar-refractivity contribution in [3.05, 3.63) is 35.9 Å². The van der Waals surface area contributed by atoms with E-state index in [1.54, 1.807) is 11.8 Å². The number of oxime groups is 1. The molecule has 0 bridgehead atoms. The molecule has 1 aromatic carbocycles. The summed E-state index contributed by atoms with van der Waals surface area (Å²) in [5.41, 5.74) is 2.01. The summed E-state index contributed by atoms with van der Waals surface area (Å²) in [6, 6.07) is 9.99. The van der Waals surface area contributed by atoms with Gasteiger partial charge < -0.3 is 4.84 Å². The lowest BCUT2D eigenvalue weighted by atomic mass is 10.1. The Balaban J connectivity index is 2.57. The Morgan fingerprint density at radius 3 is 2.69 bits per heavy atom. The molecule has 0 unspecified atom stereocenters. The van der Waals surface area contributed by atoms with E-state index in [2.05, 4.69) is 5.16 Å². The molecule has 0 saturated carbocycles. The van der Waals surface area contributed by atoms with Crippen LogP contribution in [-0.2, 0) is 4.84 Å². The summed E-state index contributed by atoms with van der Waals surface area (Å²) in [5.74, 6) is 0.601. The van der Waals surface area contributed by atoms with Gasteiger partial charge in [0.05, 0.1) is 5.71 Å². The summed E-state index contributed by atoms with van der Waals surface area (Å²) in [4.78, 5) is 5.05. The average Bonchev–Trinajstić information content (AvgIpc) is 2.19. The highest BCUT2D eigenvalue weighted by atomic mass is 32.2. The zero-order chi connectivity index (χ0) is 9.52. The Labute approximate surface area is 83.0 Å². The number of hydrogen-bond acceptors (Lipinski definition) is 3. The molecule has 0 amide bonds. The maximum atomic E-state index is 5.05. The summed E-state index contributed by atoms with van der Waals surface area (Å²) in [6.07, 6.45) is 1.98. The number of rotatable bonds is 4. The molecular weight excluding hydrogens is 182 g/mol. The molecule has 0 aromatic heterocycles. The zero-order valence-electron chi connectivity index (χ0n) is 7.86. The van der Waals surface area contributed by atoms with Crippen LogP contribution in [0, 0.1) is 0 Å². The van der Waals surface area contributed by atoms with Crippen molar-refractivity contribution in [1.82, 2.24) is 0 Å². The van der Waals surface area contributed by atoms with E-state index in [9.17, 15) is 0 Å². The third-order valence-electron chi connectivity index (χ3n) is 1.56. The van der Waals surface area contributed by atoms with Crippen LogP contribution < -0.4 is 0 Å². The SMILES string of the molecule is CSCO/N=C(\C)c1ccccc1. The fourth-order valence-corrected chi connectivity index (χ4v) is 1.07. The van der Waals surface area contributed by atoms with Crippen molar-refractivity contribution >= 4 is 17.5 Å². The van der Waals surface area contributed by atoms with Crippen LogP contribution in [0.2, 0.25) is 0 Å². The number of benzene rings is 1. The molecule has 1 rings (SSSR count). The topological polar surface area (TPSA) is 21.6 Å². The molecule has 0 spiro atoms. The maximum absolute atomic E-state index is 5.05. The molecule has 70 valence electrons. The summed E-state index contributed by atoms with van der Waals surface area (Å²) >= 11 is 1.61. The summed E-state index contributed by atoms with van der Waals surface area (Å²) in [6.45, 7) is 1.94. The minimum atomic E-state index is 0.601. The van der Waals surface area contributed by atoms with Crippen molar-refractivity contribution in [1.29, 1.82) is 0 Å². The van der Waals surface area contributed by atoms with Gasteiger partial charge in [0.1, 0.15) is 0 Å². The molecule has 13 heavy (non-hydrogen) atoms. The van der Waals surface area contributed by atoms with Gasteiger partial charge in [-0.3, -0.25) is 0 Å². The fraction of sp³-hybridized carbons (Fsp3) is 0.300. The van der Waals surface area contributed by atoms with E-state index in [1.165, 1.54) is 0 Å². The second-order valence-electron chi connectivity index (χ2n) is 2.58. The third kappa shape index (κ3) is 3.51. The second kappa shape index (κ2) is 5.65. The predicted octanol–water partition coefficient (Wildman–Crippen LogP) is 2.75. The van der Waals surface area contributed by atoms with Gasteiger partial charge in [-0.05, 0) is 18.7 Å². The van der Waals surface area contributed by atoms with Gasteiger partial charge in [-0.1, -0.05) is 35.5 Å². The average molecular weight is 195 g/mol. The van der Waals surface area contributed by atoms with Gasteiger partial charge in [-0.2, -0.15) is 0 Å². The molecule has 0 aliphatic carbocycles. The maximum Gasteiger partial charge on any atom is 0.162 e. The molecule has 0 aliphatic heterocycles. The fourth-order valence-electron chi connectivity index (χ4n) is 0.908. The summed E-state index contributed by atoms with van der Waals surface area (Å²) in [5, 5.41) is 3.98. The van der Waals surface area contributed by atoms with Crippen LogP contribution in [0.4, 0.5) is 0 Å². The predicted molar refractivity (Wildman–Crippen MR) is 58.1 cm³/mol. The number of thioether (sulfide) groups is 1. The Morgan fingerprint density at radius 2 is 2.08 bits per heavy atom. The summed E-state index contributed by atoms with van der Waals surface area (Å²) in [7, 11) is 0. The normalized spacial score (nSPS) is 11.4. The first-order valence-corrected chi connectivity index (χ1v) is 5.45. The monoisotopic (exact) mass is 195 g/mol. The van der Waals surface area contributed by atoms with Gasteiger partial charge in [0, 0.05) is 0 Å². The highest BCUT2D eigenvalue weighted by molar-refractivity contribution is 7.98. The molecule has 0 heterocycles. The molecule has 0 aliphatic rings. The van der Waals surface area contributed by atoms with Crippen LogP contribution in [0.15, 0.2) is 35.5 Å². The molecule has 0 fully saturated rings. The van der Waals surface area contributed by atoms with Crippen molar-refractivity contribution in [2.75, 3.05) is 12.2 Å². The highest BCUT2D eigenvalue weighted by Crippen LogP contribution is 2.02. The minimum Gasteiger partial charge on any atom is -0.385 e. The van der Waals surface area contributed by atoms with Crippen LogP contribution in [0.25, 0.3) is 0 Å². The highest BCUT2D eigenvalue weighted by Gasteiger charge is 1.94. The molecule has 3 heteroatoms. The standard InChI is InChI=1S/C10H13NOS/c1-9(11-12-8-13-2)10-6-4-3-5-7-10/h3-7H,8H2,1-2H3/b11-9+. The van der Waals surface area contributed by atoms with Crippen LogP contribution in [0.1, 0.15) is 12.5 Å². The van der Waals surface area contributed by atoms with Crippen LogP contribution in [0.3, 0.4) is 0 Å². The lowest BCUT2D eigenvalue weighted by molar-refractivity contribution is 0.197. The largest absolute Gasteiger partial charge is 0.385 e. The quantitative estimate of drug-likeness (QED) is 0.319. The van der Waals surface area contributed by atoms with E-state index in [-0.39, 0.29) is 0 Å². The van der Waals surface area contributed by atoms with Crippen molar-refractivity contribution in [3.8, 4) is 0 Å². The second-order valence-corrected chi connectivity index (χ2v) is 3.39. The third-order valence-corrected chi connectivity index (χ3v) is 1.90. The van der Waals surface area contributed by atoms with Gasteiger partial charge in [-0.15, -0.1) is 11.8 Å². The minimum absolute atomic E-state index is 0.601. The smallest absolute Gasteiger partial charge is 0.162 e. The molecule has 0 radical (unpaired) electrons. The van der Waals surface area contributed by atoms with Crippen molar-refractivity contribution in [2.45, 2.75) is 6.92 Å². The van der Waals surface area contributed by atoms with Gasteiger partial charge in [-0.25, -0.2) is 0 Å². The molecule has 0 saturated heterocycles. The van der Waals surface area contributed by atoms with Crippen LogP contribution in [0.5, 0.6) is 0 Å². The van der Waals surface area contributed by atoms with E-state index in [1.807, 2.05) is 43.5 Å². The van der Waals surface area contributed by atoms with Crippen molar-refractivity contribution in [2.24, 2.45) is 5.16 Å². The van der Waals surface area contributed by atoms with Gasteiger partial charge in [0.15, 0.2) is 5.94 Å². The Hall–Kier alpha value is -0.960. The van der Waals surface area contributed by atoms with E-state index in [0.717, 1.165) is 11.3 Å². The van der Waals surface area contributed by atoms with E-state index >= 15 is 0 Å². The zero-order valence-corrected chi connectivity index (χ0v) is 8.67. The van der Waals surface area contributed by atoms with Crippen molar-refractivity contribution < 1.29 is 4.84 Å². The first kappa shape index (κ1) is 10.1. The number of nitrogens with zero attached hydrogens (tertiary/aromatic N) is 1. The van der Waals surface area contributed by atoms with E-state index in [4.69, 9.17) is 4.84 Å². The Kier molecular flexibility index (Phi) is 4.40. The molecule has 1 aromatic rings. The van der Waals surface area contributed by atoms with E-state index in [0.29, 0.717) is 5.94 Å².